The Hall–Kier alpha value is -2.77. The second-order valence-electron chi connectivity index (χ2n) is 4.76. The van der Waals surface area contributed by atoms with Crippen molar-refractivity contribution in [2.75, 3.05) is 7.11 Å². The number of methoxy groups -OCH3 is 1. The third kappa shape index (κ3) is 3.04. The second-order valence-corrected chi connectivity index (χ2v) is 4.76. The first kappa shape index (κ1) is 14.6. The first-order valence-corrected chi connectivity index (χ1v) is 6.18. The van der Waals surface area contributed by atoms with Crippen molar-refractivity contribution in [2.45, 2.75) is 19.4 Å². The zero-order valence-electron chi connectivity index (χ0n) is 11.9. The zero-order valence-corrected chi connectivity index (χ0v) is 11.9. The SMILES string of the molecule is COC(=O)C(C)(C)NC(=O)c1cccnc1-n1nccn1. The van der Waals surface area contributed by atoms with Crippen molar-refractivity contribution in [3.8, 4) is 5.82 Å². The molecule has 0 unspecified atom stereocenters. The summed E-state index contributed by atoms with van der Waals surface area (Å²) in [4.78, 5) is 29.3. The Kier molecular flexibility index (Phi) is 3.97. The molecule has 0 aliphatic rings. The van der Waals surface area contributed by atoms with Crippen LogP contribution in [0.3, 0.4) is 0 Å². The highest BCUT2D eigenvalue weighted by Gasteiger charge is 2.31. The number of amides is 1. The average molecular weight is 289 g/mol. The van der Waals surface area contributed by atoms with E-state index in [1.54, 1.807) is 26.0 Å². The van der Waals surface area contributed by atoms with Gasteiger partial charge in [-0.1, -0.05) is 0 Å². The number of nitrogens with zero attached hydrogens (tertiary/aromatic N) is 4. The predicted octanol–water partition coefficient (Wildman–Crippen LogP) is 0.344. The highest BCUT2D eigenvalue weighted by molar-refractivity contribution is 6.00. The van der Waals surface area contributed by atoms with Gasteiger partial charge in [0.05, 0.1) is 25.1 Å². The van der Waals surface area contributed by atoms with Crippen molar-refractivity contribution < 1.29 is 14.3 Å². The fourth-order valence-electron chi connectivity index (χ4n) is 1.72. The van der Waals surface area contributed by atoms with Gasteiger partial charge in [-0.25, -0.2) is 9.78 Å². The quantitative estimate of drug-likeness (QED) is 0.815. The monoisotopic (exact) mass is 289 g/mol. The van der Waals surface area contributed by atoms with Gasteiger partial charge in [0.25, 0.3) is 5.91 Å². The molecule has 0 fully saturated rings. The van der Waals surface area contributed by atoms with Gasteiger partial charge in [0.2, 0.25) is 0 Å². The third-order valence-electron chi connectivity index (χ3n) is 2.76. The van der Waals surface area contributed by atoms with Crippen molar-refractivity contribution in [1.29, 1.82) is 0 Å². The molecule has 2 aromatic heterocycles. The number of esters is 1. The van der Waals surface area contributed by atoms with Crippen LogP contribution in [0.2, 0.25) is 0 Å². The molecule has 8 nitrogen and oxygen atoms in total. The first-order valence-electron chi connectivity index (χ1n) is 6.18. The molecule has 0 aliphatic carbocycles. The standard InChI is InChI=1S/C13H15N5O3/c1-13(2,12(20)21-3)17-11(19)9-5-4-6-14-10(9)18-15-7-8-16-18/h4-8H,1-3H3,(H,17,19). The van der Waals surface area contributed by atoms with Crippen LogP contribution in [0.25, 0.3) is 5.82 Å². The summed E-state index contributed by atoms with van der Waals surface area (Å²) in [5.74, 6) is -0.732. The number of ether oxygens (including phenoxy) is 1. The molecule has 1 amide bonds. The summed E-state index contributed by atoms with van der Waals surface area (Å²) in [6.07, 6.45) is 4.49. The minimum Gasteiger partial charge on any atom is -0.467 e. The lowest BCUT2D eigenvalue weighted by Crippen LogP contribution is -2.50. The van der Waals surface area contributed by atoms with Crippen LogP contribution in [0.4, 0.5) is 0 Å². The summed E-state index contributed by atoms with van der Waals surface area (Å²) in [5.41, 5.74) is -0.901. The molecule has 21 heavy (non-hydrogen) atoms. The van der Waals surface area contributed by atoms with Gasteiger partial charge in [-0.15, -0.1) is 4.80 Å². The number of pyridine rings is 1. The molecule has 0 saturated carbocycles. The maximum absolute atomic E-state index is 12.4. The summed E-state index contributed by atoms with van der Waals surface area (Å²) in [6.45, 7) is 3.11. The van der Waals surface area contributed by atoms with Crippen molar-refractivity contribution >= 4 is 11.9 Å². The minimum atomic E-state index is -1.16. The Bertz CT molecular complexity index is 652. The minimum absolute atomic E-state index is 0.255. The van der Waals surface area contributed by atoms with Crippen LogP contribution in [0, 0.1) is 0 Å². The molecule has 0 aliphatic heterocycles. The van der Waals surface area contributed by atoms with E-state index in [1.165, 1.54) is 30.5 Å². The molecule has 0 saturated heterocycles. The number of carbonyl (C=O) groups is 2. The molecule has 8 heteroatoms. The number of rotatable bonds is 4. The number of nitrogens with one attached hydrogen (secondary N) is 1. The normalized spacial score (nSPS) is 11.0. The van der Waals surface area contributed by atoms with Crippen LogP contribution in [-0.4, -0.2) is 44.5 Å². The second kappa shape index (κ2) is 5.70. The molecular weight excluding hydrogens is 274 g/mol. The molecule has 0 spiro atoms. The van der Waals surface area contributed by atoms with Crippen LogP contribution >= 0.6 is 0 Å². The number of aromatic nitrogens is 4. The van der Waals surface area contributed by atoms with Crippen molar-refractivity contribution in [1.82, 2.24) is 25.3 Å². The number of carbonyl (C=O) groups excluding carboxylic acids is 2. The zero-order chi connectivity index (χ0) is 15.5. The van der Waals surface area contributed by atoms with Crippen molar-refractivity contribution in [3.63, 3.8) is 0 Å². The van der Waals surface area contributed by atoms with Crippen LogP contribution in [-0.2, 0) is 9.53 Å². The van der Waals surface area contributed by atoms with Gasteiger partial charge in [-0.2, -0.15) is 10.2 Å². The Labute approximate surface area is 121 Å². The van der Waals surface area contributed by atoms with Crippen LogP contribution < -0.4 is 5.32 Å². The summed E-state index contributed by atoms with van der Waals surface area (Å²) >= 11 is 0. The molecule has 2 aromatic rings. The molecule has 0 radical (unpaired) electrons. The molecule has 0 aromatic carbocycles. The van der Waals surface area contributed by atoms with Gasteiger partial charge in [0, 0.05) is 6.20 Å². The Morgan fingerprint density at radius 1 is 1.24 bits per heavy atom. The van der Waals surface area contributed by atoms with Gasteiger partial charge in [0.15, 0.2) is 5.82 Å². The molecule has 2 rings (SSSR count). The van der Waals surface area contributed by atoms with E-state index in [1.807, 2.05) is 0 Å². The summed E-state index contributed by atoms with van der Waals surface area (Å²) in [6, 6.07) is 3.20. The summed E-state index contributed by atoms with van der Waals surface area (Å²) in [7, 11) is 1.26. The van der Waals surface area contributed by atoms with Crippen molar-refractivity contribution in [2.24, 2.45) is 0 Å². The van der Waals surface area contributed by atoms with Crippen LogP contribution in [0.5, 0.6) is 0 Å². The third-order valence-corrected chi connectivity index (χ3v) is 2.76. The van der Waals surface area contributed by atoms with Gasteiger partial charge in [-0.3, -0.25) is 4.79 Å². The molecule has 0 bridgehead atoms. The largest absolute Gasteiger partial charge is 0.467 e. The van der Waals surface area contributed by atoms with Crippen molar-refractivity contribution in [3.05, 3.63) is 36.3 Å². The van der Waals surface area contributed by atoms with E-state index < -0.39 is 17.4 Å². The lowest BCUT2D eigenvalue weighted by atomic mass is 10.1. The van der Waals surface area contributed by atoms with E-state index in [0.717, 1.165) is 0 Å². The van der Waals surface area contributed by atoms with E-state index in [4.69, 9.17) is 0 Å². The highest BCUT2D eigenvalue weighted by Crippen LogP contribution is 2.12. The lowest BCUT2D eigenvalue weighted by Gasteiger charge is -2.23. The summed E-state index contributed by atoms with van der Waals surface area (Å²) < 4.78 is 4.66. The summed E-state index contributed by atoms with van der Waals surface area (Å²) in [5, 5.41) is 10.5. The van der Waals surface area contributed by atoms with Gasteiger partial charge in [0.1, 0.15) is 5.54 Å². The fraction of sp³-hybridized carbons (Fsp3) is 0.308. The van der Waals surface area contributed by atoms with Gasteiger partial charge in [-0.05, 0) is 26.0 Å². The Balaban J connectivity index is 2.31. The smallest absolute Gasteiger partial charge is 0.330 e. The van der Waals surface area contributed by atoms with E-state index >= 15 is 0 Å². The van der Waals surface area contributed by atoms with Gasteiger partial charge < -0.3 is 10.1 Å². The maximum atomic E-state index is 12.4. The van der Waals surface area contributed by atoms with E-state index in [9.17, 15) is 9.59 Å². The average Bonchev–Trinajstić information content (AvgIpc) is 3.00. The maximum Gasteiger partial charge on any atom is 0.330 e. The molecule has 110 valence electrons. The lowest BCUT2D eigenvalue weighted by molar-refractivity contribution is -0.146. The highest BCUT2D eigenvalue weighted by atomic mass is 16.5. The fourth-order valence-corrected chi connectivity index (χ4v) is 1.72. The Morgan fingerprint density at radius 3 is 2.52 bits per heavy atom. The predicted molar refractivity (Wildman–Crippen MR) is 72.7 cm³/mol. The number of hydrogen-bond acceptors (Lipinski definition) is 6. The molecule has 2 heterocycles. The van der Waals surface area contributed by atoms with Crippen LogP contribution in [0.15, 0.2) is 30.7 Å². The molecular formula is C13H15N5O3. The Morgan fingerprint density at radius 2 is 1.90 bits per heavy atom. The topological polar surface area (TPSA) is 99.0 Å². The van der Waals surface area contributed by atoms with E-state index in [-0.39, 0.29) is 11.4 Å². The van der Waals surface area contributed by atoms with E-state index in [0.29, 0.717) is 0 Å². The number of hydrogen-bond donors (Lipinski definition) is 1. The molecule has 1 N–H and O–H groups in total. The van der Waals surface area contributed by atoms with Gasteiger partial charge >= 0.3 is 5.97 Å². The molecule has 0 atom stereocenters. The van der Waals surface area contributed by atoms with E-state index in [2.05, 4.69) is 25.2 Å². The van der Waals surface area contributed by atoms with Crippen LogP contribution in [0.1, 0.15) is 24.2 Å². The first-order chi connectivity index (χ1) is 9.95.